The van der Waals surface area contributed by atoms with Gasteiger partial charge >= 0.3 is 0 Å². The molecule has 78 valence electrons. The van der Waals surface area contributed by atoms with E-state index in [9.17, 15) is 0 Å². The van der Waals surface area contributed by atoms with Gasteiger partial charge < -0.3 is 4.74 Å². The predicted octanol–water partition coefficient (Wildman–Crippen LogP) is 3.61. The first kappa shape index (κ1) is 11.5. The van der Waals surface area contributed by atoms with Crippen molar-refractivity contribution < 1.29 is 4.74 Å². The van der Waals surface area contributed by atoms with Crippen LogP contribution in [0.15, 0.2) is 0 Å². The van der Waals surface area contributed by atoms with Gasteiger partial charge in [0.05, 0.1) is 6.10 Å². The molecular weight excluding hydrogens is 228 g/mol. The van der Waals surface area contributed by atoms with E-state index in [1.54, 1.807) is 0 Å². The van der Waals surface area contributed by atoms with E-state index in [-0.39, 0.29) is 0 Å². The summed E-state index contributed by atoms with van der Waals surface area (Å²) >= 11 is 3.65. The van der Waals surface area contributed by atoms with E-state index in [1.807, 2.05) is 0 Å². The molecule has 1 fully saturated rings. The van der Waals surface area contributed by atoms with Crippen LogP contribution in [0.4, 0.5) is 0 Å². The maximum Gasteiger partial charge on any atom is 0.0612 e. The van der Waals surface area contributed by atoms with Crippen molar-refractivity contribution >= 4 is 15.9 Å². The molecule has 0 spiro atoms. The highest BCUT2D eigenvalue weighted by Gasteiger charge is 2.40. The highest BCUT2D eigenvalue weighted by atomic mass is 79.9. The van der Waals surface area contributed by atoms with Gasteiger partial charge in [-0.2, -0.15) is 0 Å². The summed E-state index contributed by atoms with van der Waals surface area (Å²) in [4.78, 5) is 0. The normalized spacial score (nSPS) is 36.5. The van der Waals surface area contributed by atoms with Gasteiger partial charge in [0.15, 0.2) is 0 Å². The van der Waals surface area contributed by atoms with Gasteiger partial charge in [-0.3, -0.25) is 0 Å². The Balaban J connectivity index is 2.58. The van der Waals surface area contributed by atoms with E-state index in [4.69, 9.17) is 4.74 Å². The van der Waals surface area contributed by atoms with Gasteiger partial charge in [-0.25, -0.2) is 0 Å². The molecule has 1 rings (SSSR count). The predicted molar refractivity (Wildman–Crippen MR) is 60.3 cm³/mol. The molecule has 13 heavy (non-hydrogen) atoms. The first-order chi connectivity index (χ1) is 6.14. The van der Waals surface area contributed by atoms with Crippen molar-refractivity contribution in [2.45, 2.75) is 46.1 Å². The second-order valence-electron chi connectivity index (χ2n) is 4.48. The lowest BCUT2D eigenvalue weighted by atomic mass is 9.76. The largest absolute Gasteiger partial charge is 0.378 e. The summed E-state index contributed by atoms with van der Waals surface area (Å²) in [6.45, 7) is 7.78. The van der Waals surface area contributed by atoms with Gasteiger partial charge in [0.2, 0.25) is 0 Å². The number of alkyl halides is 1. The molecule has 1 heterocycles. The van der Waals surface area contributed by atoms with Gasteiger partial charge in [0.25, 0.3) is 0 Å². The molecule has 1 aliphatic rings. The van der Waals surface area contributed by atoms with Gasteiger partial charge in [-0.05, 0) is 25.7 Å². The first-order valence-electron chi connectivity index (χ1n) is 5.32. The van der Waals surface area contributed by atoms with Gasteiger partial charge in [0.1, 0.15) is 0 Å². The summed E-state index contributed by atoms with van der Waals surface area (Å²) in [7, 11) is 0. The molecule has 2 heteroatoms. The van der Waals surface area contributed by atoms with Crippen molar-refractivity contribution in [1.29, 1.82) is 0 Å². The zero-order valence-corrected chi connectivity index (χ0v) is 10.6. The maximum atomic E-state index is 5.68. The molecule has 0 aliphatic carbocycles. The SMILES string of the molecule is CCC(C)CC1(CBr)CCOC1C. The van der Waals surface area contributed by atoms with Crippen LogP contribution in [-0.2, 0) is 4.74 Å². The van der Waals surface area contributed by atoms with Crippen LogP contribution >= 0.6 is 15.9 Å². The lowest BCUT2D eigenvalue weighted by Gasteiger charge is -2.32. The van der Waals surface area contributed by atoms with Crippen LogP contribution < -0.4 is 0 Å². The minimum atomic E-state index is 0.412. The molecule has 3 unspecified atom stereocenters. The fourth-order valence-electron chi connectivity index (χ4n) is 2.16. The fourth-order valence-corrected chi connectivity index (χ4v) is 3.12. The Bertz CT molecular complexity index is 160. The molecule has 0 aromatic heterocycles. The van der Waals surface area contributed by atoms with Crippen LogP contribution in [0.1, 0.15) is 40.0 Å². The molecule has 0 N–H and O–H groups in total. The zero-order valence-electron chi connectivity index (χ0n) is 8.98. The molecule has 0 saturated carbocycles. The highest BCUT2D eigenvalue weighted by molar-refractivity contribution is 9.09. The zero-order chi connectivity index (χ0) is 9.90. The van der Waals surface area contributed by atoms with Crippen molar-refractivity contribution in [2.75, 3.05) is 11.9 Å². The molecule has 3 atom stereocenters. The Hall–Kier alpha value is 0.440. The third kappa shape index (κ3) is 2.47. The second kappa shape index (κ2) is 4.79. The van der Waals surface area contributed by atoms with Crippen molar-refractivity contribution in [3.05, 3.63) is 0 Å². The number of hydrogen-bond acceptors (Lipinski definition) is 1. The van der Waals surface area contributed by atoms with Gasteiger partial charge in [0, 0.05) is 17.4 Å². The van der Waals surface area contributed by atoms with E-state index < -0.39 is 0 Å². The van der Waals surface area contributed by atoms with Crippen molar-refractivity contribution in [2.24, 2.45) is 11.3 Å². The number of hydrogen-bond donors (Lipinski definition) is 0. The molecule has 1 nitrogen and oxygen atoms in total. The van der Waals surface area contributed by atoms with Crippen LogP contribution in [0, 0.1) is 11.3 Å². The van der Waals surface area contributed by atoms with E-state index in [0.717, 1.165) is 17.9 Å². The Morgan fingerprint density at radius 3 is 2.69 bits per heavy atom. The monoisotopic (exact) mass is 248 g/mol. The Kier molecular flexibility index (Phi) is 4.24. The summed E-state index contributed by atoms with van der Waals surface area (Å²) in [5, 5.41) is 1.09. The summed E-state index contributed by atoms with van der Waals surface area (Å²) in [5.74, 6) is 0.821. The first-order valence-corrected chi connectivity index (χ1v) is 6.44. The Morgan fingerprint density at radius 2 is 2.31 bits per heavy atom. The lowest BCUT2D eigenvalue weighted by molar-refractivity contribution is 0.0632. The number of halogens is 1. The molecular formula is C11H21BrO. The van der Waals surface area contributed by atoms with Crippen molar-refractivity contribution in [3.8, 4) is 0 Å². The molecule has 1 saturated heterocycles. The van der Waals surface area contributed by atoms with Crippen LogP contribution in [0.25, 0.3) is 0 Å². The summed E-state index contributed by atoms with van der Waals surface area (Å²) in [6, 6.07) is 0. The van der Waals surface area contributed by atoms with E-state index in [1.165, 1.54) is 19.3 Å². The number of rotatable bonds is 4. The Labute approximate surface area is 90.4 Å². The van der Waals surface area contributed by atoms with Crippen LogP contribution in [0.2, 0.25) is 0 Å². The highest BCUT2D eigenvalue weighted by Crippen LogP contribution is 2.42. The average molecular weight is 249 g/mol. The quantitative estimate of drug-likeness (QED) is 0.691. The fraction of sp³-hybridized carbons (Fsp3) is 1.00. The molecule has 0 aromatic carbocycles. The number of ether oxygens (including phenoxy) is 1. The summed E-state index contributed by atoms with van der Waals surface area (Å²) in [5.41, 5.74) is 0.412. The van der Waals surface area contributed by atoms with Crippen LogP contribution in [-0.4, -0.2) is 18.0 Å². The van der Waals surface area contributed by atoms with E-state index in [0.29, 0.717) is 11.5 Å². The van der Waals surface area contributed by atoms with Gasteiger partial charge in [-0.15, -0.1) is 0 Å². The molecule has 1 aliphatic heterocycles. The average Bonchev–Trinajstić information content (AvgIpc) is 2.48. The summed E-state index contributed by atoms with van der Waals surface area (Å²) < 4.78 is 5.68. The van der Waals surface area contributed by atoms with Crippen molar-refractivity contribution in [3.63, 3.8) is 0 Å². The molecule has 0 aromatic rings. The molecule has 0 bridgehead atoms. The maximum absolute atomic E-state index is 5.68. The standard InChI is InChI=1S/C11H21BrO/c1-4-9(2)7-11(8-12)5-6-13-10(11)3/h9-10H,4-8H2,1-3H3. The Morgan fingerprint density at radius 1 is 1.62 bits per heavy atom. The third-order valence-electron chi connectivity index (χ3n) is 3.55. The smallest absolute Gasteiger partial charge is 0.0612 e. The topological polar surface area (TPSA) is 9.23 Å². The second-order valence-corrected chi connectivity index (χ2v) is 5.04. The van der Waals surface area contributed by atoms with E-state index in [2.05, 4.69) is 36.7 Å². The van der Waals surface area contributed by atoms with Crippen LogP contribution in [0.5, 0.6) is 0 Å². The third-order valence-corrected chi connectivity index (χ3v) is 4.66. The molecule has 0 amide bonds. The van der Waals surface area contributed by atoms with E-state index >= 15 is 0 Å². The minimum Gasteiger partial charge on any atom is -0.378 e. The van der Waals surface area contributed by atoms with Crippen molar-refractivity contribution in [1.82, 2.24) is 0 Å². The van der Waals surface area contributed by atoms with Crippen LogP contribution in [0.3, 0.4) is 0 Å². The summed E-state index contributed by atoms with van der Waals surface area (Å²) in [6.07, 6.45) is 4.24. The molecule has 0 radical (unpaired) electrons. The van der Waals surface area contributed by atoms with Gasteiger partial charge in [-0.1, -0.05) is 36.2 Å². The minimum absolute atomic E-state index is 0.412. The lowest BCUT2D eigenvalue weighted by Crippen LogP contribution is -2.32.